The monoisotopic (exact) mass is 326 g/mol. The molecule has 4 heteroatoms. The fraction of sp³-hybridized carbons (Fsp3) is 0.600. The Morgan fingerprint density at radius 3 is 2.95 bits per heavy atom. The molecule has 0 bridgehead atoms. The Bertz CT molecular complexity index is 401. The summed E-state index contributed by atoms with van der Waals surface area (Å²) in [6.07, 6.45) is 1.10. The highest BCUT2D eigenvalue weighted by Gasteiger charge is 2.14. The normalized spacial score (nSPS) is 16.7. The molecule has 0 aromatic heterocycles. The van der Waals surface area contributed by atoms with Gasteiger partial charge in [0.15, 0.2) is 0 Å². The molecule has 1 aromatic carbocycles. The van der Waals surface area contributed by atoms with Crippen LogP contribution in [-0.4, -0.2) is 32.3 Å². The highest BCUT2D eigenvalue weighted by atomic mass is 79.9. The van der Waals surface area contributed by atoms with Crippen molar-refractivity contribution in [3.63, 3.8) is 0 Å². The summed E-state index contributed by atoms with van der Waals surface area (Å²) < 4.78 is 6.68. The molecule has 1 aliphatic heterocycles. The molecular weight excluding hydrogens is 304 g/mol. The highest BCUT2D eigenvalue weighted by molar-refractivity contribution is 9.10. The molecule has 0 atom stereocenters. The van der Waals surface area contributed by atoms with Crippen molar-refractivity contribution in [3.05, 3.63) is 28.2 Å². The lowest BCUT2D eigenvalue weighted by Crippen LogP contribution is -2.29. The molecule has 1 N–H and O–H groups in total. The van der Waals surface area contributed by atoms with Crippen LogP contribution in [0, 0.1) is 0 Å². The molecule has 3 nitrogen and oxygen atoms in total. The van der Waals surface area contributed by atoms with Crippen molar-refractivity contribution < 1.29 is 4.74 Å². The van der Waals surface area contributed by atoms with Crippen LogP contribution in [0.4, 0.5) is 5.69 Å². The molecule has 0 saturated carbocycles. The van der Waals surface area contributed by atoms with Gasteiger partial charge in [-0.2, -0.15) is 0 Å². The largest absolute Gasteiger partial charge is 0.380 e. The highest BCUT2D eigenvalue weighted by Crippen LogP contribution is 2.25. The van der Waals surface area contributed by atoms with E-state index in [1.165, 1.54) is 11.3 Å². The van der Waals surface area contributed by atoms with Crippen LogP contribution in [0.3, 0.4) is 0 Å². The first-order valence-electron chi connectivity index (χ1n) is 7.01. The Balaban J connectivity index is 2.17. The van der Waals surface area contributed by atoms with E-state index in [0.29, 0.717) is 6.04 Å². The molecular formula is C15H23BrN2O. The Kier molecular flexibility index (Phi) is 5.67. The van der Waals surface area contributed by atoms with Gasteiger partial charge in [-0.1, -0.05) is 29.8 Å². The first-order valence-corrected chi connectivity index (χ1v) is 7.80. The second-order valence-electron chi connectivity index (χ2n) is 5.26. The summed E-state index contributed by atoms with van der Waals surface area (Å²) in [5.74, 6) is 0. The van der Waals surface area contributed by atoms with Gasteiger partial charge in [0.05, 0.1) is 6.61 Å². The summed E-state index contributed by atoms with van der Waals surface area (Å²) in [5.41, 5.74) is 2.69. The Morgan fingerprint density at radius 2 is 2.16 bits per heavy atom. The van der Waals surface area contributed by atoms with E-state index in [0.717, 1.165) is 43.7 Å². The average Bonchev–Trinajstić information content (AvgIpc) is 2.65. The number of benzene rings is 1. The quantitative estimate of drug-likeness (QED) is 0.919. The maximum absolute atomic E-state index is 5.54. The van der Waals surface area contributed by atoms with Crippen molar-refractivity contribution in [2.24, 2.45) is 0 Å². The lowest BCUT2D eigenvalue weighted by atomic mass is 10.1. The van der Waals surface area contributed by atoms with Crippen LogP contribution < -0.4 is 10.2 Å². The smallest absolute Gasteiger partial charge is 0.0641 e. The molecule has 106 valence electrons. The van der Waals surface area contributed by atoms with Crippen LogP contribution in [0.25, 0.3) is 0 Å². The molecule has 0 radical (unpaired) electrons. The summed E-state index contributed by atoms with van der Waals surface area (Å²) in [5, 5.41) is 3.51. The van der Waals surface area contributed by atoms with Crippen LogP contribution in [0.15, 0.2) is 22.7 Å². The van der Waals surface area contributed by atoms with E-state index in [2.05, 4.69) is 58.2 Å². The Morgan fingerprint density at radius 1 is 1.32 bits per heavy atom. The van der Waals surface area contributed by atoms with Gasteiger partial charge in [0.1, 0.15) is 0 Å². The molecule has 1 aliphatic rings. The summed E-state index contributed by atoms with van der Waals surface area (Å²) in [6, 6.07) is 7.06. The number of nitrogens with one attached hydrogen (secondary N) is 1. The van der Waals surface area contributed by atoms with E-state index in [4.69, 9.17) is 4.74 Å². The third-order valence-electron chi connectivity index (χ3n) is 3.31. The van der Waals surface area contributed by atoms with Crippen LogP contribution in [0.1, 0.15) is 25.8 Å². The maximum atomic E-state index is 5.54. The molecule has 0 spiro atoms. The third kappa shape index (κ3) is 4.48. The fourth-order valence-electron chi connectivity index (χ4n) is 2.31. The lowest BCUT2D eigenvalue weighted by Gasteiger charge is -2.25. The fourth-order valence-corrected chi connectivity index (χ4v) is 2.71. The molecule has 0 aliphatic carbocycles. The molecule has 1 heterocycles. The van der Waals surface area contributed by atoms with Crippen molar-refractivity contribution in [1.29, 1.82) is 0 Å². The van der Waals surface area contributed by atoms with Gasteiger partial charge in [-0.3, -0.25) is 0 Å². The number of rotatable bonds is 4. The van der Waals surface area contributed by atoms with E-state index >= 15 is 0 Å². The minimum Gasteiger partial charge on any atom is -0.380 e. The van der Waals surface area contributed by atoms with Crippen molar-refractivity contribution in [1.82, 2.24) is 5.32 Å². The van der Waals surface area contributed by atoms with E-state index < -0.39 is 0 Å². The van der Waals surface area contributed by atoms with Crippen LogP contribution >= 0.6 is 15.9 Å². The SMILES string of the molecule is CC(C)NCc1cc(Br)ccc1N1CCCOCC1. The van der Waals surface area contributed by atoms with Gasteiger partial charge in [0.25, 0.3) is 0 Å². The summed E-state index contributed by atoms with van der Waals surface area (Å²) >= 11 is 3.57. The van der Waals surface area contributed by atoms with Crippen molar-refractivity contribution in [2.75, 3.05) is 31.2 Å². The molecule has 1 aromatic rings. The number of halogens is 1. The number of ether oxygens (including phenoxy) is 1. The van der Waals surface area contributed by atoms with Crippen molar-refractivity contribution in [3.8, 4) is 0 Å². The first-order chi connectivity index (χ1) is 9.16. The predicted octanol–water partition coefficient (Wildman–Crippen LogP) is 3.17. The van der Waals surface area contributed by atoms with Crippen LogP contribution in [0.2, 0.25) is 0 Å². The zero-order valence-electron chi connectivity index (χ0n) is 11.8. The third-order valence-corrected chi connectivity index (χ3v) is 3.80. The predicted molar refractivity (Wildman–Crippen MR) is 83.8 cm³/mol. The van der Waals surface area contributed by atoms with Crippen molar-refractivity contribution >= 4 is 21.6 Å². The molecule has 1 fully saturated rings. The van der Waals surface area contributed by atoms with Crippen molar-refractivity contribution in [2.45, 2.75) is 32.9 Å². The van der Waals surface area contributed by atoms with E-state index in [9.17, 15) is 0 Å². The van der Waals surface area contributed by atoms with Gasteiger partial charge >= 0.3 is 0 Å². The maximum Gasteiger partial charge on any atom is 0.0641 e. The molecule has 19 heavy (non-hydrogen) atoms. The second-order valence-corrected chi connectivity index (χ2v) is 6.18. The average molecular weight is 327 g/mol. The number of hydrogen-bond acceptors (Lipinski definition) is 3. The number of nitrogens with zero attached hydrogens (tertiary/aromatic N) is 1. The second kappa shape index (κ2) is 7.27. The molecule has 0 amide bonds. The van der Waals surface area contributed by atoms with Crippen LogP contribution in [-0.2, 0) is 11.3 Å². The summed E-state index contributed by atoms with van der Waals surface area (Å²) in [6.45, 7) is 9.03. The molecule has 1 saturated heterocycles. The topological polar surface area (TPSA) is 24.5 Å². The van der Waals surface area contributed by atoms with E-state index in [1.807, 2.05) is 0 Å². The Labute approximate surface area is 124 Å². The number of anilines is 1. The zero-order valence-corrected chi connectivity index (χ0v) is 13.4. The van der Waals surface area contributed by atoms with Gasteiger partial charge in [-0.25, -0.2) is 0 Å². The van der Waals surface area contributed by atoms with E-state index in [1.54, 1.807) is 0 Å². The lowest BCUT2D eigenvalue weighted by molar-refractivity contribution is 0.152. The standard InChI is InChI=1S/C15H23BrN2O/c1-12(2)17-11-13-10-14(16)4-5-15(13)18-6-3-8-19-9-7-18/h4-5,10,12,17H,3,6-9,11H2,1-2H3. The Hall–Kier alpha value is -0.580. The van der Waals surface area contributed by atoms with Gasteiger partial charge in [0.2, 0.25) is 0 Å². The molecule has 0 unspecified atom stereocenters. The van der Waals surface area contributed by atoms with Gasteiger partial charge in [-0.05, 0) is 30.2 Å². The van der Waals surface area contributed by atoms with Crippen LogP contribution in [0.5, 0.6) is 0 Å². The van der Waals surface area contributed by atoms with E-state index in [-0.39, 0.29) is 0 Å². The minimum absolute atomic E-state index is 0.499. The minimum atomic E-state index is 0.499. The number of hydrogen-bond donors (Lipinski definition) is 1. The zero-order chi connectivity index (χ0) is 13.7. The molecule has 2 rings (SSSR count). The van der Waals surface area contributed by atoms with Gasteiger partial charge < -0.3 is 15.0 Å². The summed E-state index contributed by atoms with van der Waals surface area (Å²) in [4.78, 5) is 2.44. The van der Waals surface area contributed by atoms with Gasteiger partial charge in [0, 0.05) is 42.4 Å². The van der Waals surface area contributed by atoms with Gasteiger partial charge in [-0.15, -0.1) is 0 Å². The summed E-state index contributed by atoms with van der Waals surface area (Å²) in [7, 11) is 0. The first kappa shape index (κ1) is 14.8.